The van der Waals surface area contributed by atoms with E-state index in [1.54, 1.807) is 12.1 Å². The number of rotatable bonds is 4. The average molecular weight is 327 g/mol. The lowest BCUT2D eigenvalue weighted by molar-refractivity contribution is 0.104. The molecule has 2 nitrogen and oxygen atoms in total. The zero-order valence-electron chi connectivity index (χ0n) is 11.9. The maximum Gasteiger partial charge on any atom is 0.187 e. The summed E-state index contributed by atoms with van der Waals surface area (Å²) in [6, 6.07) is 11.2. The number of carbonyl (C=O) groups is 1. The SMILES string of the molecule is O=C(/C=C/c1ccc(-c2cccc(F)c2)s1)c1cncc(F)c1. The van der Waals surface area contributed by atoms with Crippen LogP contribution in [-0.2, 0) is 0 Å². The van der Waals surface area contributed by atoms with Gasteiger partial charge in [-0.3, -0.25) is 9.78 Å². The van der Waals surface area contributed by atoms with Gasteiger partial charge in [0.1, 0.15) is 11.6 Å². The fourth-order valence-electron chi connectivity index (χ4n) is 2.04. The molecule has 0 fully saturated rings. The molecule has 0 bridgehead atoms. The van der Waals surface area contributed by atoms with Gasteiger partial charge in [0, 0.05) is 21.5 Å². The first-order chi connectivity index (χ1) is 11.1. The Bertz CT molecular complexity index is 886. The van der Waals surface area contributed by atoms with Crippen molar-refractivity contribution in [3.8, 4) is 10.4 Å². The smallest absolute Gasteiger partial charge is 0.187 e. The lowest BCUT2D eigenvalue weighted by Gasteiger charge is -1.96. The Morgan fingerprint density at radius 2 is 1.91 bits per heavy atom. The van der Waals surface area contributed by atoms with Gasteiger partial charge in [-0.1, -0.05) is 12.1 Å². The molecule has 3 aromatic rings. The summed E-state index contributed by atoms with van der Waals surface area (Å²) in [5.74, 6) is -1.16. The number of hydrogen-bond acceptors (Lipinski definition) is 3. The van der Waals surface area contributed by atoms with Crippen LogP contribution in [-0.4, -0.2) is 10.8 Å². The van der Waals surface area contributed by atoms with Crippen LogP contribution in [0.1, 0.15) is 15.2 Å². The molecule has 0 atom stereocenters. The first-order valence-electron chi connectivity index (χ1n) is 6.80. The number of hydrogen-bond donors (Lipinski definition) is 0. The van der Waals surface area contributed by atoms with Crippen LogP contribution in [0.25, 0.3) is 16.5 Å². The number of nitrogens with zero attached hydrogens (tertiary/aromatic N) is 1. The van der Waals surface area contributed by atoms with Crippen molar-refractivity contribution in [1.82, 2.24) is 4.98 Å². The first-order valence-corrected chi connectivity index (χ1v) is 7.62. The van der Waals surface area contributed by atoms with Gasteiger partial charge in [0.25, 0.3) is 0 Å². The average Bonchev–Trinajstić information content (AvgIpc) is 3.01. The van der Waals surface area contributed by atoms with Gasteiger partial charge in [-0.05, 0) is 48.0 Å². The van der Waals surface area contributed by atoms with E-state index >= 15 is 0 Å². The van der Waals surface area contributed by atoms with Gasteiger partial charge in [-0.2, -0.15) is 0 Å². The summed E-state index contributed by atoms with van der Waals surface area (Å²) in [6.07, 6.45) is 5.39. The van der Waals surface area contributed by atoms with Crippen LogP contribution in [0.15, 0.2) is 60.9 Å². The number of pyridine rings is 1. The zero-order chi connectivity index (χ0) is 16.2. The predicted molar refractivity (Wildman–Crippen MR) is 87.3 cm³/mol. The van der Waals surface area contributed by atoms with Crippen LogP contribution in [0.2, 0.25) is 0 Å². The molecule has 0 aliphatic carbocycles. The molecule has 0 saturated heterocycles. The highest BCUT2D eigenvalue weighted by molar-refractivity contribution is 7.16. The van der Waals surface area contributed by atoms with E-state index in [0.717, 1.165) is 27.6 Å². The van der Waals surface area contributed by atoms with Crippen molar-refractivity contribution in [2.45, 2.75) is 0 Å². The number of ketones is 1. The fourth-order valence-corrected chi connectivity index (χ4v) is 2.95. The van der Waals surface area contributed by atoms with E-state index in [9.17, 15) is 13.6 Å². The van der Waals surface area contributed by atoms with E-state index in [4.69, 9.17) is 0 Å². The number of aromatic nitrogens is 1. The van der Waals surface area contributed by atoms with E-state index in [-0.39, 0.29) is 17.2 Å². The summed E-state index contributed by atoms with van der Waals surface area (Å²) in [7, 11) is 0. The molecule has 0 radical (unpaired) electrons. The second-order valence-electron chi connectivity index (χ2n) is 4.80. The van der Waals surface area contributed by atoms with Crippen LogP contribution in [0.5, 0.6) is 0 Å². The third-order valence-electron chi connectivity index (χ3n) is 3.12. The van der Waals surface area contributed by atoms with E-state index in [1.165, 1.54) is 35.7 Å². The normalized spacial score (nSPS) is 11.0. The minimum atomic E-state index is -0.547. The van der Waals surface area contributed by atoms with Crippen molar-refractivity contribution < 1.29 is 13.6 Å². The topological polar surface area (TPSA) is 30.0 Å². The van der Waals surface area contributed by atoms with Crippen LogP contribution in [0.4, 0.5) is 8.78 Å². The van der Waals surface area contributed by atoms with Crippen molar-refractivity contribution in [3.05, 3.63) is 83.0 Å². The van der Waals surface area contributed by atoms with Crippen molar-refractivity contribution in [2.75, 3.05) is 0 Å². The van der Waals surface area contributed by atoms with E-state index in [1.807, 2.05) is 18.2 Å². The number of halogens is 2. The first kappa shape index (κ1) is 15.2. The molecule has 0 spiro atoms. The predicted octanol–water partition coefficient (Wildman–Crippen LogP) is 4.98. The molecule has 2 heterocycles. The van der Waals surface area contributed by atoms with Crippen molar-refractivity contribution in [3.63, 3.8) is 0 Å². The standard InChI is InChI=1S/C18H11F2NOS/c19-14-3-1-2-12(8-14)18-7-5-16(23-18)4-6-17(22)13-9-15(20)11-21-10-13/h1-11H/b6-4+. The highest BCUT2D eigenvalue weighted by Crippen LogP contribution is 2.29. The Kier molecular flexibility index (Phi) is 4.39. The monoisotopic (exact) mass is 327 g/mol. The molecule has 0 amide bonds. The second-order valence-corrected chi connectivity index (χ2v) is 5.92. The van der Waals surface area contributed by atoms with Gasteiger partial charge in [-0.25, -0.2) is 8.78 Å². The highest BCUT2D eigenvalue weighted by Gasteiger charge is 2.05. The lowest BCUT2D eigenvalue weighted by Crippen LogP contribution is -1.95. The Labute approximate surface area is 135 Å². The third kappa shape index (κ3) is 3.76. The molecule has 0 saturated carbocycles. The molecule has 0 aliphatic heterocycles. The number of allylic oxidation sites excluding steroid dienone is 1. The van der Waals surface area contributed by atoms with Crippen LogP contribution < -0.4 is 0 Å². The molecule has 1 aromatic carbocycles. The van der Waals surface area contributed by atoms with E-state index < -0.39 is 5.82 Å². The lowest BCUT2D eigenvalue weighted by atomic mass is 10.1. The Balaban J connectivity index is 1.77. The molecular weight excluding hydrogens is 316 g/mol. The summed E-state index contributed by atoms with van der Waals surface area (Å²) < 4.78 is 26.3. The van der Waals surface area contributed by atoms with E-state index in [2.05, 4.69) is 4.98 Å². The highest BCUT2D eigenvalue weighted by atomic mass is 32.1. The summed E-state index contributed by atoms with van der Waals surface area (Å²) in [5.41, 5.74) is 0.985. The summed E-state index contributed by atoms with van der Waals surface area (Å²) >= 11 is 1.44. The maximum atomic E-state index is 13.2. The van der Waals surface area contributed by atoms with Crippen LogP contribution in [0, 0.1) is 11.6 Å². The molecule has 2 aromatic heterocycles. The second kappa shape index (κ2) is 6.62. The molecule has 23 heavy (non-hydrogen) atoms. The Morgan fingerprint density at radius 3 is 2.70 bits per heavy atom. The zero-order valence-corrected chi connectivity index (χ0v) is 12.7. The third-order valence-corrected chi connectivity index (χ3v) is 4.22. The molecule has 0 unspecified atom stereocenters. The Morgan fingerprint density at radius 1 is 1.04 bits per heavy atom. The quantitative estimate of drug-likeness (QED) is 0.499. The minimum absolute atomic E-state index is 0.197. The molecule has 3 rings (SSSR count). The van der Waals surface area contributed by atoms with Gasteiger partial charge < -0.3 is 0 Å². The molecular formula is C18H11F2NOS. The fraction of sp³-hybridized carbons (Fsp3) is 0. The van der Waals surface area contributed by atoms with Crippen molar-refractivity contribution in [2.24, 2.45) is 0 Å². The van der Waals surface area contributed by atoms with Gasteiger partial charge in [0.2, 0.25) is 0 Å². The minimum Gasteiger partial charge on any atom is -0.289 e. The van der Waals surface area contributed by atoms with Gasteiger partial charge in [0.05, 0.1) is 6.20 Å². The number of benzene rings is 1. The number of carbonyl (C=O) groups excluding carboxylic acids is 1. The molecule has 0 N–H and O–H groups in total. The van der Waals surface area contributed by atoms with Crippen molar-refractivity contribution in [1.29, 1.82) is 0 Å². The van der Waals surface area contributed by atoms with Crippen LogP contribution >= 0.6 is 11.3 Å². The van der Waals surface area contributed by atoms with E-state index in [0.29, 0.717) is 0 Å². The molecule has 114 valence electrons. The maximum absolute atomic E-state index is 13.2. The van der Waals surface area contributed by atoms with Gasteiger partial charge >= 0.3 is 0 Å². The summed E-state index contributed by atoms with van der Waals surface area (Å²) in [5, 5.41) is 0. The molecule has 5 heteroatoms. The summed E-state index contributed by atoms with van der Waals surface area (Å²) in [6.45, 7) is 0. The Hall–Kier alpha value is -2.66. The van der Waals surface area contributed by atoms with Crippen LogP contribution in [0.3, 0.4) is 0 Å². The van der Waals surface area contributed by atoms with Gasteiger partial charge in [-0.15, -0.1) is 11.3 Å². The molecule has 0 aliphatic rings. The number of thiophene rings is 1. The largest absolute Gasteiger partial charge is 0.289 e. The summed E-state index contributed by atoms with van der Waals surface area (Å²) in [4.78, 5) is 17.4. The van der Waals surface area contributed by atoms with Crippen molar-refractivity contribution >= 4 is 23.2 Å². The van der Waals surface area contributed by atoms with Gasteiger partial charge in [0.15, 0.2) is 5.78 Å².